The Kier molecular flexibility index (Phi) is 16.3. The monoisotopic (exact) mass is 1160 g/mol. The Morgan fingerprint density at radius 1 is 0.964 bits per heavy atom. The number of halogens is 3. The number of hydrazine groups is 1. The molecule has 21 heteroatoms. The number of anilines is 1. The van der Waals surface area contributed by atoms with Gasteiger partial charge in [-0.3, -0.25) is 43.9 Å². The van der Waals surface area contributed by atoms with Crippen LogP contribution in [0.4, 0.5) is 18.9 Å². The Morgan fingerprint density at radius 3 is 2.54 bits per heavy atom. The van der Waals surface area contributed by atoms with E-state index in [1.165, 1.54) is 22.4 Å². The number of esters is 1. The molecule has 9 aliphatic rings. The number of carbonyl (C=O) groups excluding carboxylic acids is 4. The molecule has 7 saturated heterocycles. The first-order chi connectivity index (χ1) is 39.7. The van der Waals surface area contributed by atoms with E-state index in [1.54, 1.807) is 13.2 Å². The molecule has 0 radical (unpaired) electrons. The number of hydrogen-bond donors (Lipinski definition) is 2. The van der Waals surface area contributed by atoms with Gasteiger partial charge in [-0.2, -0.15) is 13.2 Å². The lowest BCUT2D eigenvalue weighted by atomic mass is 9.82. The van der Waals surface area contributed by atoms with Crippen molar-refractivity contribution in [2.24, 2.45) is 22.7 Å². The van der Waals surface area contributed by atoms with E-state index in [0.29, 0.717) is 117 Å². The van der Waals surface area contributed by atoms with Crippen LogP contribution in [0.15, 0.2) is 30.5 Å². The van der Waals surface area contributed by atoms with Crippen molar-refractivity contribution in [1.82, 2.24) is 44.9 Å². The van der Waals surface area contributed by atoms with E-state index >= 15 is 22.8 Å². The zero-order valence-electron chi connectivity index (χ0n) is 49.7. The van der Waals surface area contributed by atoms with Crippen LogP contribution < -0.4 is 15.6 Å². The highest BCUT2D eigenvalue weighted by atomic mass is 19.4. The zero-order valence-corrected chi connectivity index (χ0v) is 49.7. The minimum atomic E-state index is -4.60. The second-order valence-electron chi connectivity index (χ2n) is 27.2. The molecule has 18 nitrogen and oxygen atoms in total. The molecule has 1 saturated carbocycles. The molecule has 10 heterocycles. The van der Waals surface area contributed by atoms with Crippen LogP contribution in [0.2, 0.25) is 0 Å². The number of aromatic nitrogens is 2. The first-order valence-corrected chi connectivity index (χ1v) is 30.9. The smallest absolute Gasteiger partial charge is 0.406 e. The van der Waals surface area contributed by atoms with Crippen LogP contribution in [0.1, 0.15) is 121 Å². The van der Waals surface area contributed by atoms with Crippen molar-refractivity contribution in [3.63, 3.8) is 0 Å². The second-order valence-corrected chi connectivity index (χ2v) is 27.2. The van der Waals surface area contributed by atoms with Gasteiger partial charge in [0.15, 0.2) is 0 Å². The lowest BCUT2D eigenvalue weighted by Gasteiger charge is -2.42. The average molecular weight is 1160 g/mol. The van der Waals surface area contributed by atoms with E-state index in [9.17, 15) is 9.59 Å². The average Bonchev–Trinajstić information content (AvgIpc) is 2.14. The fraction of sp³-hybridized carbons (Fsp3) is 0.726. The summed E-state index contributed by atoms with van der Waals surface area (Å²) in [6.45, 7) is 15.9. The molecule has 1 aromatic carbocycles. The summed E-state index contributed by atoms with van der Waals surface area (Å²) in [5, 5.41) is 5.34. The van der Waals surface area contributed by atoms with E-state index in [2.05, 4.69) is 48.4 Å². The maximum absolute atomic E-state index is 15.3. The van der Waals surface area contributed by atoms with Gasteiger partial charge >= 0.3 is 12.1 Å². The van der Waals surface area contributed by atoms with Gasteiger partial charge in [-0.05, 0) is 138 Å². The van der Waals surface area contributed by atoms with Crippen LogP contribution in [0.3, 0.4) is 0 Å². The molecule has 3 aromatic rings. The lowest BCUT2D eigenvalue weighted by molar-refractivity contribution is -0.156. The van der Waals surface area contributed by atoms with Crippen LogP contribution in [-0.4, -0.2) is 206 Å². The first kappa shape index (κ1) is 58.5. The molecule has 8 fully saturated rings. The van der Waals surface area contributed by atoms with Gasteiger partial charge in [0.25, 0.3) is 5.91 Å². The van der Waals surface area contributed by atoms with Crippen LogP contribution in [0.5, 0.6) is 0 Å². The van der Waals surface area contributed by atoms with Gasteiger partial charge in [-0.1, -0.05) is 27.7 Å². The van der Waals surface area contributed by atoms with Crippen LogP contribution in [0.25, 0.3) is 22.2 Å². The number of carbonyl (C=O) groups is 4. The van der Waals surface area contributed by atoms with Gasteiger partial charge < -0.3 is 38.6 Å². The standard InChI is InChI=1S/C62H87F3N10O8/c1-37(2)52(72-19-15-61(33-72)16-20-73(34-61)58(78)55-53(69(55)6)39-10-11-39)56(76)67-49-28-44-31-71(22-24-82-44)42-12-13-50-45(27-42)47(29-60(4,5)36-83-59(79)48-9-8-17-75(68-48)57(49)77)54(74(50)35-62(63,64)65)46-26-41(30-66-51(46)38(3)80-7)40-14-18-70-21-23-81-32-43(70)25-40/h12-13,26-27,30,37-40,43-44,48-49,52-53,55,68H,8-11,14-25,28-29,31-36H2,1-7H3,(H,67,76)/t38-,40+,43-,44-,48-,49-,52-,53+,55+,61-,69?/m0/s1. The number of nitrogens with one attached hydrogen (secondary N) is 2. The Labute approximate surface area is 486 Å². The van der Waals surface area contributed by atoms with Gasteiger partial charge in [-0.25, -0.2) is 5.43 Å². The molecular formula is C62H87F3N10O8. The predicted octanol–water partition coefficient (Wildman–Crippen LogP) is 6.29. The third-order valence-electron chi connectivity index (χ3n) is 20.2. The van der Waals surface area contributed by atoms with Crippen molar-refractivity contribution in [1.29, 1.82) is 0 Å². The van der Waals surface area contributed by atoms with Crippen molar-refractivity contribution in [3.05, 3.63) is 47.3 Å². The zero-order chi connectivity index (χ0) is 58.3. The minimum Gasteiger partial charge on any atom is -0.464 e. The van der Waals surface area contributed by atoms with Crippen molar-refractivity contribution in [2.75, 3.05) is 104 Å². The number of likely N-dealkylation sites (tertiary alicyclic amines) is 2. The summed E-state index contributed by atoms with van der Waals surface area (Å²) in [4.78, 5) is 74.4. The van der Waals surface area contributed by atoms with E-state index in [4.69, 9.17) is 23.9 Å². The van der Waals surface area contributed by atoms with Crippen molar-refractivity contribution >= 4 is 40.3 Å². The maximum atomic E-state index is 15.3. The minimum absolute atomic E-state index is 0.0195. The summed E-state index contributed by atoms with van der Waals surface area (Å²) in [7, 11) is 3.64. The molecule has 3 amide bonds. The number of ether oxygens (including phenoxy) is 4. The number of morpholine rings is 2. The molecule has 1 unspecified atom stereocenters. The molecular weight excluding hydrogens is 1070 g/mol. The molecule has 11 atom stereocenters. The number of pyridine rings is 1. The number of piperidine rings is 1. The maximum Gasteiger partial charge on any atom is 0.406 e. The third-order valence-corrected chi connectivity index (χ3v) is 20.2. The molecule has 8 aliphatic heterocycles. The fourth-order valence-corrected chi connectivity index (χ4v) is 15.5. The summed E-state index contributed by atoms with van der Waals surface area (Å²) in [6.07, 6.45) is 3.34. The summed E-state index contributed by atoms with van der Waals surface area (Å²) in [5.74, 6) is -0.302. The van der Waals surface area contributed by atoms with Gasteiger partial charge in [0, 0.05) is 111 Å². The number of methoxy groups -OCH3 is 1. The van der Waals surface area contributed by atoms with Crippen molar-refractivity contribution < 1.29 is 51.3 Å². The Morgan fingerprint density at radius 2 is 1.77 bits per heavy atom. The van der Waals surface area contributed by atoms with Crippen molar-refractivity contribution in [2.45, 2.75) is 166 Å². The highest BCUT2D eigenvalue weighted by molar-refractivity contribution is 5.95. The number of cyclic esters (lactones) is 1. The first-order valence-electron chi connectivity index (χ1n) is 30.9. The van der Waals surface area contributed by atoms with Crippen LogP contribution in [-0.2, 0) is 51.1 Å². The number of likely N-dealkylation sites (N-methyl/N-ethyl adjacent to an activating group) is 1. The Balaban J connectivity index is 0.866. The summed E-state index contributed by atoms with van der Waals surface area (Å²) < 4.78 is 71.7. The van der Waals surface area contributed by atoms with Gasteiger partial charge in [0.1, 0.15) is 24.7 Å². The SMILES string of the molecule is CO[C@@H](C)c1ncc([C@@H]2CCN3CCOC[C@@H]3C2)cc1-c1c2c3cc(ccc3n1CC(F)(F)F)N1CCO[C@@H](C[C@H](NC(=O)[C@H](C(C)C)N3CC[C@]4(CCN(C(=O)[C@H]5[C@@H](C6CC6)N5C)C4)C3)C(=O)N3CCC[C@H](N3)C(=O)OCC(C)(C)C2)C1. The topological polar surface area (TPSA) is 166 Å². The van der Waals surface area contributed by atoms with E-state index in [1.807, 2.05) is 52.9 Å². The molecule has 12 rings (SSSR count). The summed E-state index contributed by atoms with van der Waals surface area (Å²) >= 11 is 0. The number of fused-ring (bicyclic) bond motifs is 7. The van der Waals surface area contributed by atoms with Crippen LogP contribution >= 0.6 is 0 Å². The molecule has 1 spiro atoms. The number of alkyl halides is 3. The van der Waals surface area contributed by atoms with Crippen molar-refractivity contribution in [3.8, 4) is 11.3 Å². The Bertz CT molecular complexity index is 2930. The number of hydrogen-bond acceptors (Lipinski definition) is 14. The molecule has 2 N–H and O–H groups in total. The van der Waals surface area contributed by atoms with E-state index in [-0.39, 0.29) is 66.5 Å². The molecule has 1 aliphatic carbocycles. The number of benzene rings is 1. The van der Waals surface area contributed by atoms with Gasteiger partial charge in [0.05, 0.1) is 56.1 Å². The number of rotatable bonds is 11. The largest absolute Gasteiger partial charge is 0.464 e. The highest BCUT2D eigenvalue weighted by Crippen LogP contribution is 2.49. The number of nitrogens with zero attached hydrogens (tertiary/aromatic N) is 8. The molecule has 83 heavy (non-hydrogen) atoms. The summed E-state index contributed by atoms with van der Waals surface area (Å²) in [6, 6.07) is 5.83. The summed E-state index contributed by atoms with van der Waals surface area (Å²) in [5.41, 5.74) is 6.62. The van der Waals surface area contributed by atoms with Gasteiger partial charge in [0.2, 0.25) is 11.8 Å². The van der Waals surface area contributed by atoms with Crippen LogP contribution in [0, 0.1) is 22.7 Å². The molecule has 6 bridgehead atoms. The fourth-order valence-electron chi connectivity index (χ4n) is 15.5. The molecule has 454 valence electrons. The normalized spacial score (nSPS) is 31.7. The third kappa shape index (κ3) is 12.0. The highest BCUT2D eigenvalue weighted by Gasteiger charge is 2.59. The molecule has 2 aromatic heterocycles. The lowest BCUT2D eigenvalue weighted by Crippen LogP contribution is -2.62. The predicted molar refractivity (Wildman–Crippen MR) is 306 cm³/mol. The number of amides is 3. The Hall–Kier alpha value is -4.90. The van der Waals surface area contributed by atoms with Gasteiger partial charge in [-0.15, -0.1) is 0 Å². The van der Waals surface area contributed by atoms with E-state index < -0.39 is 54.4 Å². The quantitative estimate of drug-likeness (QED) is 0.163. The second kappa shape index (κ2) is 23.1. The van der Waals surface area contributed by atoms with E-state index in [0.717, 1.165) is 56.6 Å².